The van der Waals surface area contributed by atoms with E-state index in [1.165, 1.54) is 0 Å². The Balaban J connectivity index is 3.79. The number of rotatable bonds is 8. The molecule has 0 heterocycles. The van der Waals surface area contributed by atoms with E-state index in [1.54, 1.807) is 0 Å². The number of hydrogen-bond donors (Lipinski definition) is 0. The molecule has 0 aromatic heterocycles. The zero-order valence-electron chi connectivity index (χ0n) is 10.5. The van der Waals surface area contributed by atoms with Crippen molar-refractivity contribution in [2.45, 2.75) is 0 Å². The van der Waals surface area contributed by atoms with Crippen LogP contribution in [0.4, 0.5) is 0 Å². The molecule has 0 aromatic rings. The molecule has 0 aliphatic carbocycles. The molecular weight excluding hydrogens is 222 g/mol. The van der Waals surface area contributed by atoms with Gasteiger partial charge in [-0.15, -0.1) is 0 Å². The van der Waals surface area contributed by atoms with Gasteiger partial charge in [-0.3, -0.25) is 0 Å². The molecule has 0 unspecified atom stereocenters. The van der Waals surface area contributed by atoms with Crippen LogP contribution in [0.15, 0.2) is 25.3 Å². The quantitative estimate of drug-likeness (QED) is 0.354. The molecule has 17 heavy (non-hydrogen) atoms. The first-order chi connectivity index (χ1) is 7.91. The van der Waals surface area contributed by atoms with Crippen LogP contribution in [-0.2, 0) is 19.1 Å². The number of nitrogens with zero attached hydrogens (tertiary/aromatic N) is 1. The Hall–Kier alpha value is -1.62. The van der Waals surface area contributed by atoms with E-state index in [0.29, 0.717) is 30.8 Å². The summed E-state index contributed by atoms with van der Waals surface area (Å²) in [6, 6.07) is 0. The zero-order valence-corrected chi connectivity index (χ0v) is 10.5. The van der Waals surface area contributed by atoms with E-state index in [0.717, 1.165) is 12.2 Å². The molecule has 5 heteroatoms. The number of carbonyl (C=O) groups excluding carboxylic acids is 2. The summed E-state index contributed by atoms with van der Waals surface area (Å²) in [5.74, 6) is -0.855. The normalized spacial score (nSPS) is 10.5. The van der Waals surface area contributed by atoms with Crippen molar-refractivity contribution in [2.24, 2.45) is 0 Å². The molecule has 0 aliphatic rings. The molecule has 0 N–H and O–H groups in total. The topological polar surface area (TPSA) is 52.6 Å². The predicted octanol–water partition coefficient (Wildman–Crippen LogP) is 0.521. The highest BCUT2D eigenvalue weighted by Gasteiger charge is 2.16. The minimum absolute atomic E-state index is 0.313. The lowest BCUT2D eigenvalue weighted by molar-refractivity contribution is -0.890. The van der Waals surface area contributed by atoms with Gasteiger partial charge in [0, 0.05) is 12.2 Å². The maximum Gasteiger partial charge on any atom is 0.330 e. The van der Waals surface area contributed by atoms with E-state index in [-0.39, 0.29) is 0 Å². The van der Waals surface area contributed by atoms with Gasteiger partial charge in [0.25, 0.3) is 0 Å². The number of carbonyl (C=O) groups is 2. The van der Waals surface area contributed by atoms with Crippen molar-refractivity contribution in [3.63, 3.8) is 0 Å². The third-order valence-corrected chi connectivity index (χ3v) is 2.22. The molecular formula is C12H20NO4+. The number of quaternary nitrogens is 1. The summed E-state index contributed by atoms with van der Waals surface area (Å²) in [6.07, 6.45) is 2.26. The van der Waals surface area contributed by atoms with E-state index in [9.17, 15) is 9.59 Å². The summed E-state index contributed by atoms with van der Waals surface area (Å²) < 4.78 is 10.4. The fourth-order valence-electron chi connectivity index (χ4n) is 1.02. The largest absolute Gasteiger partial charge is 0.457 e. The Bertz CT molecular complexity index is 269. The second-order valence-electron chi connectivity index (χ2n) is 4.13. The van der Waals surface area contributed by atoms with Crippen molar-refractivity contribution in [2.75, 3.05) is 40.4 Å². The van der Waals surface area contributed by atoms with Crippen LogP contribution in [-0.4, -0.2) is 56.8 Å². The summed E-state index contributed by atoms with van der Waals surface area (Å²) in [7, 11) is 3.92. The predicted molar refractivity (Wildman–Crippen MR) is 64.2 cm³/mol. The van der Waals surface area contributed by atoms with Gasteiger partial charge in [0.05, 0.1) is 14.1 Å². The van der Waals surface area contributed by atoms with Crippen molar-refractivity contribution < 1.29 is 23.5 Å². The van der Waals surface area contributed by atoms with Gasteiger partial charge >= 0.3 is 11.9 Å². The minimum atomic E-state index is -0.428. The third kappa shape index (κ3) is 8.21. The second-order valence-corrected chi connectivity index (χ2v) is 4.13. The maximum absolute atomic E-state index is 10.8. The van der Waals surface area contributed by atoms with Crippen molar-refractivity contribution in [3.05, 3.63) is 25.3 Å². The average Bonchev–Trinajstić information content (AvgIpc) is 2.27. The lowest BCUT2D eigenvalue weighted by atomic mass is 10.4. The second kappa shape index (κ2) is 7.62. The van der Waals surface area contributed by atoms with Gasteiger partial charge in [-0.25, -0.2) is 9.59 Å². The lowest BCUT2D eigenvalue weighted by Gasteiger charge is -2.28. The SMILES string of the molecule is C=CC(=O)OCC[N+](C)(C)CCOC(=O)C=C. The van der Waals surface area contributed by atoms with Crippen molar-refractivity contribution in [1.82, 2.24) is 0 Å². The Kier molecular flexibility index (Phi) is 6.89. The van der Waals surface area contributed by atoms with Crippen molar-refractivity contribution >= 4 is 11.9 Å². The molecule has 0 amide bonds. The van der Waals surface area contributed by atoms with Gasteiger partial charge in [0.15, 0.2) is 0 Å². The zero-order chi connectivity index (χ0) is 13.3. The summed E-state index contributed by atoms with van der Waals surface area (Å²) in [5, 5.41) is 0. The van der Waals surface area contributed by atoms with Crippen LogP contribution in [0.2, 0.25) is 0 Å². The monoisotopic (exact) mass is 242 g/mol. The van der Waals surface area contributed by atoms with E-state index in [1.807, 2.05) is 14.1 Å². The third-order valence-electron chi connectivity index (χ3n) is 2.22. The van der Waals surface area contributed by atoms with Crippen LogP contribution >= 0.6 is 0 Å². The number of esters is 2. The molecule has 0 rings (SSSR count). The Morgan fingerprint density at radius 2 is 1.35 bits per heavy atom. The molecule has 0 saturated carbocycles. The highest BCUT2D eigenvalue weighted by Crippen LogP contribution is 1.97. The van der Waals surface area contributed by atoms with Crippen LogP contribution in [0.5, 0.6) is 0 Å². The van der Waals surface area contributed by atoms with E-state index >= 15 is 0 Å². The van der Waals surface area contributed by atoms with E-state index < -0.39 is 11.9 Å². The average molecular weight is 242 g/mol. The van der Waals surface area contributed by atoms with Crippen LogP contribution in [0.3, 0.4) is 0 Å². The fraction of sp³-hybridized carbons (Fsp3) is 0.500. The Morgan fingerprint density at radius 1 is 1.00 bits per heavy atom. The smallest absolute Gasteiger partial charge is 0.330 e. The van der Waals surface area contributed by atoms with Gasteiger partial charge in [-0.1, -0.05) is 13.2 Å². The molecule has 0 spiro atoms. The highest BCUT2D eigenvalue weighted by molar-refractivity contribution is 5.81. The molecule has 5 nitrogen and oxygen atoms in total. The van der Waals surface area contributed by atoms with Crippen LogP contribution in [0.1, 0.15) is 0 Å². The highest BCUT2D eigenvalue weighted by atomic mass is 16.5. The van der Waals surface area contributed by atoms with E-state index in [2.05, 4.69) is 13.2 Å². The molecule has 0 aliphatic heterocycles. The van der Waals surface area contributed by atoms with Crippen LogP contribution < -0.4 is 0 Å². The van der Waals surface area contributed by atoms with Crippen molar-refractivity contribution in [3.8, 4) is 0 Å². The molecule has 0 atom stereocenters. The maximum atomic E-state index is 10.8. The molecule has 0 fully saturated rings. The van der Waals surface area contributed by atoms with Gasteiger partial charge in [-0.05, 0) is 0 Å². The summed E-state index contributed by atoms with van der Waals surface area (Å²) in [6.45, 7) is 8.53. The lowest BCUT2D eigenvalue weighted by Crippen LogP contribution is -2.45. The van der Waals surface area contributed by atoms with Crippen molar-refractivity contribution in [1.29, 1.82) is 0 Å². The Labute approximate surface area is 102 Å². The molecule has 0 saturated heterocycles. The Morgan fingerprint density at radius 3 is 1.65 bits per heavy atom. The van der Waals surface area contributed by atoms with E-state index in [4.69, 9.17) is 9.47 Å². The minimum Gasteiger partial charge on any atom is -0.457 e. The summed E-state index contributed by atoms with van der Waals surface area (Å²) in [4.78, 5) is 21.6. The summed E-state index contributed by atoms with van der Waals surface area (Å²) in [5.41, 5.74) is 0. The van der Waals surface area contributed by atoms with Gasteiger partial charge in [-0.2, -0.15) is 0 Å². The molecule has 0 bridgehead atoms. The first-order valence-electron chi connectivity index (χ1n) is 5.31. The first-order valence-corrected chi connectivity index (χ1v) is 5.31. The standard InChI is InChI=1S/C12H20NO4/c1-5-11(14)16-9-7-13(3,4)8-10-17-12(15)6-2/h5-6H,1-2,7-10H2,3-4H3/q+1. The molecule has 0 aromatic carbocycles. The summed E-state index contributed by atoms with van der Waals surface area (Å²) >= 11 is 0. The van der Waals surface area contributed by atoms with Gasteiger partial charge < -0.3 is 14.0 Å². The number of likely N-dealkylation sites (N-methyl/N-ethyl adjacent to an activating group) is 1. The molecule has 0 radical (unpaired) electrons. The van der Waals surface area contributed by atoms with Gasteiger partial charge in [0.2, 0.25) is 0 Å². The molecule has 96 valence electrons. The fourth-order valence-corrected chi connectivity index (χ4v) is 1.02. The van der Waals surface area contributed by atoms with Crippen LogP contribution in [0.25, 0.3) is 0 Å². The number of hydrogen-bond acceptors (Lipinski definition) is 4. The van der Waals surface area contributed by atoms with Gasteiger partial charge in [0.1, 0.15) is 26.3 Å². The van der Waals surface area contributed by atoms with Crippen LogP contribution in [0, 0.1) is 0 Å². The number of ether oxygens (including phenoxy) is 2. The first kappa shape index (κ1) is 15.4.